The lowest BCUT2D eigenvalue weighted by Crippen LogP contribution is -2.25. The van der Waals surface area contributed by atoms with Crippen LogP contribution in [0.1, 0.15) is 70.2 Å². The number of likely N-dealkylation sites (N-methyl/N-ethyl adjacent to an activating group) is 1. The zero-order chi connectivity index (χ0) is 19.2. The summed E-state index contributed by atoms with van der Waals surface area (Å²) < 4.78 is 5.31. The van der Waals surface area contributed by atoms with E-state index in [1.54, 1.807) is 6.26 Å². The Balaban J connectivity index is 0.00000105. The number of furan rings is 1. The molecule has 0 saturated carbocycles. The summed E-state index contributed by atoms with van der Waals surface area (Å²) >= 11 is 0. The lowest BCUT2D eigenvalue weighted by Gasteiger charge is -2.20. The predicted octanol–water partition coefficient (Wildman–Crippen LogP) is 4.20. The van der Waals surface area contributed by atoms with Crippen LogP contribution in [0.15, 0.2) is 34.7 Å². The molecule has 1 aliphatic rings. The van der Waals surface area contributed by atoms with Gasteiger partial charge in [0, 0.05) is 19.8 Å². The number of carbonyl (C=O) groups is 1. The van der Waals surface area contributed by atoms with Crippen LogP contribution in [0.5, 0.6) is 0 Å². The largest absolute Gasteiger partial charge is 0.483 e. The maximum Gasteiger partial charge on any atom is 0.290 e. The quantitative estimate of drug-likeness (QED) is 0.451. The summed E-state index contributed by atoms with van der Waals surface area (Å²) in [5.74, 6) is 0.608. The van der Waals surface area contributed by atoms with E-state index in [9.17, 15) is 5.11 Å². The second-order valence-corrected chi connectivity index (χ2v) is 6.70. The molecule has 2 heterocycles. The van der Waals surface area contributed by atoms with Crippen molar-refractivity contribution in [3.63, 3.8) is 0 Å². The minimum absolute atomic E-state index is 0.250. The van der Waals surface area contributed by atoms with Crippen molar-refractivity contribution in [2.75, 3.05) is 20.3 Å². The first-order valence-corrected chi connectivity index (χ1v) is 9.60. The van der Waals surface area contributed by atoms with Crippen LogP contribution in [0, 0.1) is 0 Å². The number of nitrogens with zero attached hydrogens (tertiary/aromatic N) is 2. The molecule has 148 valence electrons. The highest BCUT2D eigenvalue weighted by atomic mass is 16.4. The summed E-state index contributed by atoms with van der Waals surface area (Å²) in [5, 5.41) is 17.3. The van der Waals surface area contributed by atoms with Gasteiger partial charge in [0.05, 0.1) is 18.6 Å². The van der Waals surface area contributed by atoms with Gasteiger partial charge in [-0.05, 0) is 18.6 Å². The van der Waals surface area contributed by atoms with Gasteiger partial charge in [0.2, 0.25) is 0 Å². The van der Waals surface area contributed by atoms with Gasteiger partial charge < -0.3 is 24.4 Å². The zero-order valence-corrected chi connectivity index (χ0v) is 16.1. The molecule has 0 radical (unpaired) electrons. The molecule has 0 fully saturated rings. The van der Waals surface area contributed by atoms with Gasteiger partial charge in [0.15, 0.2) is 6.10 Å². The summed E-state index contributed by atoms with van der Waals surface area (Å²) in [5.41, 5.74) is 0.916. The molecule has 0 amide bonds. The van der Waals surface area contributed by atoms with Gasteiger partial charge in [-0.15, -0.1) is 0 Å². The molecule has 26 heavy (non-hydrogen) atoms. The standard InChI is InChI=1S/C19H32N2O2.CH2O2/c1-3-4-5-6-7-8-9-10-13-21-15-17(20(2)16-21)19(22)18-12-11-14-23-18;2-1-3/h11-12,14-15,19,22H,3-10,13,16H2,1-2H3;1H,(H,2,3). The summed E-state index contributed by atoms with van der Waals surface area (Å²) in [6, 6.07) is 3.63. The first kappa shape index (κ1) is 22.1. The second kappa shape index (κ2) is 13.3. The third kappa shape index (κ3) is 7.95. The molecule has 0 spiro atoms. The van der Waals surface area contributed by atoms with Crippen molar-refractivity contribution < 1.29 is 19.4 Å². The Morgan fingerprint density at radius 3 is 2.38 bits per heavy atom. The summed E-state index contributed by atoms with van der Waals surface area (Å²) in [6.07, 6.45) is 13.7. The average Bonchev–Trinajstić information content (AvgIpc) is 3.27. The van der Waals surface area contributed by atoms with Gasteiger partial charge in [0.25, 0.3) is 6.47 Å². The summed E-state index contributed by atoms with van der Waals surface area (Å²) in [4.78, 5) is 12.7. The van der Waals surface area contributed by atoms with Crippen LogP contribution in [-0.4, -0.2) is 46.7 Å². The minimum Gasteiger partial charge on any atom is -0.483 e. The molecule has 0 saturated heterocycles. The molecular formula is C20H34N2O4. The second-order valence-electron chi connectivity index (χ2n) is 6.70. The number of carboxylic acid groups (broad SMARTS) is 1. The number of aliphatic hydroxyl groups excluding tert-OH is 1. The third-order valence-electron chi connectivity index (χ3n) is 4.54. The van der Waals surface area contributed by atoms with Gasteiger partial charge in [-0.2, -0.15) is 0 Å². The van der Waals surface area contributed by atoms with E-state index in [-0.39, 0.29) is 6.47 Å². The van der Waals surface area contributed by atoms with Crippen LogP contribution < -0.4 is 0 Å². The van der Waals surface area contributed by atoms with E-state index in [0.717, 1.165) is 18.9 Å². The lowest BCUT2D eigenvalue weighted by atomic mass is 10.1. The van der Waals surface area contributed by atoms with Crippen molar-refractivity contribution >= 4 is 6.47 Å². The Morgan fingerprint density at radius 1 is 1.19 bits per heavy atom. The molecule has 2 rings (SSSR count). The van der Waals surface area contributed by atoms with Gasteiger partial charge in [-0.3, -0.25) is 4.79 Å². The topological polar surface area (TPSA) is 77.2 Å². The number of hydrogen-bond donors (Lipinski definition) is 2. The summed E-state index contributed by atoms with van der Waals surface area (Å²) in [6.45, 7) is 3.93. The SMILES string of the molecule is CCCCCCCCCCN1C=C(C(O)c2ccco2)N(C)C1.O=CO. The Morgan fingerprint density at radius 2 is 1.81 bits per heavy atom. The third-order valence-corrected chi connectivity index (χ3v) is 4.54. The van der Waals surface area contributed by atoms with E-state index < -0.39 is 6.10 Å². The molecule has 1 atom stereocenters. The van der Waals surface area contributed by atoms with Crippen molar-refractivity contribution in [1.29, 1.82) is 0 Å². The maximum atomic E-state index is 10.4. The van der Waals surface area contributed by atoms with Gasteiger partial charge in [0.1, 0.15) is 5.76 Å². The van der Waals surface area contributed by atoms with Crippen LogP contribution in [0.2, 0.25) is 0 Å². The number of rotatable bonds is 11. The number of hydrogen-bond acceptors (Lipinski definition) is 5. The Kier molecular flexibility index (Phi) is 11.3. The molecule has 6 nitrogen and oxygen atoms in total. The molecule has 1 aromatic rings. The molecule has 1 unspecified atom stereocenters. The lowest BCUT2D eigenvalue weighted by molar-refractivity contribution is -0.122. The fourth-order valence-corrected chi connectivity index (χ4v) is 3.14. The first-order chi connectivity index (χ1) is 12.6. The molecule has 0 aromatic carbocycles. The van der Waals surface area contributed by atoms with E-state index >= 15 is 0 Å². The molecule has 0 aliphatic carbocycles. The summed E-state index contributed by atoms with van der Waals surface area (Å²) in [7, 11) is 2.02. The smallest absolute Gasteiger partial charge is 0.290 e. The maximum absolute atomic E-state index is 10.4. The molecule has 6 heteroatoms. The minimum atomic E-state index is -0.668. The molecular weight excluding hydrogens is 332 g/mol. The van der Waals surface area contributed by atoms with E-state index in [1.807, 2.05) is 19.2 Å². The van der Waals surface area contributed by atoms with Gasteiger partial charge in [-0.1, -0.05) is 51.9 Å². The van der Waals surface area contributed by atoms with Crippen molar-refractivity contribution in [3.05, 3.63) is 36.1 Å². The Labute approximate surface area is 157 Å². The highest BCUT2D eigenvalue weighted by Gasteiger charge is 2.25. The first-order valence-electron chi connectivity index (χ1n) is 9.60. The van der Waals surface area contributed by atoms with Crippen molar-refractivity contribution in [2.24, 2.45) is 0 Å². The normalized spacial score (nSPS) is 14.7. The van der Waals surface area contributed by atoms with Crippen molar-refractivity contribution in [3.8, 4) is 0 Å². The monoisotopic (exact) mass is 366 g/mol. The predicted molar refractivity (Wildman–Crippen MR) is 102 cm³/mol. The van der Waals surface area contributed by atoms with Crippen molar-refractivity contribution in [1.82, 2.24) is 9.80 Å². The van der Waals surface area contributed by atoms with E-state index in [1.165, 1.54) is 51.4 Å². The van der Waals surface area contributed by atoms with E-state index in [0.29, 0.717) is 5.76 Å². The number of unbranched alkanes of at least 4 members (excludes halogenated alkanes) is 7. The van der Waals surface area contributed by atoms with Crippen LogP contribution in [0.4, 0.5) is 0 Å². The van der Waals surface area contributed by atoms with Crippen LogP contribution in [0.25, 0.3) is 0 Å². The average molecular weight is 367 g/mol. The molecule has 2 N–H and O–H groups in total. The number of aliphatic hydroxyl groups is 1. The van der Waals surface area contributed by atoms with Crippen LogP contribution in [-0.2, 0) is 4.79 Å². The van der Waals surface area contributed by atoms with Crippen LogP contribution >= 0.6 is 0 Å². The zero-order valence-electron chi connectivity index (χ0n) is 16.1. The van der Waals surface area contributed by atoms with E-state index in [4.69, 9.17) is 14.3 Å². The molecule has 1 aliphatic heterocycles. The van der Waals surface area contributed by atoms with Gasteiger partial charge >= 0.3 is 0 Å². The van der Waals surface area contributed by atoms with Crippen LogP contribution in [0.3, 0.4) is 0 Å². The van der Waals surface area contributed by atoms with Crippen molar-refractivity contribution in [2.45, 2.75) is 64.4 Å². The molecule has 1 aromatic heterocycles. The fraction of sp³-hybridized carbons (Fsp3) is 0.650. The molecule has 0 bridgehead atoms. The van der Waals surface area contributed by atoms with Gasteiger partial charge in [-0.25, -0.2) is 0 Å². The fourth-order valence-electron chi connectivity index (χ4n) is 3.14. The highest BCUT2D eigenvalue weighted by Crippen LogP contribution is 2.28. The highest BCUT2D eigenvalue weighted by molar-refractivity contribution is 5.32. The van der Waals surface area contributed by atoms with E-state index in [2.05, 4.69) is 22.9 Å². The Bertz CT molecular complexity index is 502. The Hall–Kier alpha value is -1.95.